The Labute approximate surface area is 120 Å². The molecule has 1 amide bonds. The van der Waals surface area contributed by atoms with Crippen LogP contribution in [0.25, 0.3) is 5.69 Å². The SMILES string of the molecule is CCc1c(C(=O)N(CC)CC)cnn1-c1ccccc1. The van der Waals surface area contributed by atoms with E-state index in [9.17, 15) is 4.79 Å². The van der Waals surface area contributed by atoms with Crippen LogP contribution in [0.4, 0.5) is 0 Å². The van der Waals surface area contributed by atoms with E-state index in [0.717, 1.165) is 30.9 Å². The van der Waals surface area contributed by atoms with Crippen LogP contribution in [0.2, 0.25) is 0 Å². The molecule has 106 valence electrons. The number of amides is 1. The Morgan fingerprint density at radius 2 is 1.80 bits per heavy atom. The third kappa shape index (κ3) is 2.59. The predicted molar refractivity (Wildman–Crippen MR) is 80.2 cm³/mol. The molecule has 1 heterocycles. The van der Waals surface area contributed by atoms with Crippen molar-refractivity contribution in [2.45, 2.75) is 27.2 Å². The van der Waals surface area contributed by atoms with Crippen LogP contribution in [0.1, 0.15) is 36.8 Å². The van der Waals surface area contributed by atoms with Crippen LogP contribution in [0.15, 0.2) is 36.5 Å². The molecule has 4 heteroatoms. The highest BCUT2D eigenvalue weighted by Crippen LogP contribution is 2.17. The number of carbonyl (C=O) groups excluding carboxylic acids is 1. The first kappa shape index (κ1) is 14.3. The summed E-state index contributed by atoms with van der Waals surface area (Å²) in [6.07, 6.45) is 2.46. The van der Waals surface area contributed by atoms with E-state index in [1.54, 1.807) is 6.20 Å². The van der Waals surface area contributed by atoms with Gasteiger partial charge in [0.25, 0.3) is 5.91 Å². The number of carbonyl (C=O) groups is 1. The Bertz CT molecular complexity index is 571. The summed E-state index contributed by atoms with van der Waals surface area (Å²) in [5.74, 6) is 0.0639. The molecule has 0 saturated carbocycles. The van der Waals surface area contributed by atoms with Crippen LogP contribution in [0.3, 0.4) is 0 Å². The first-order valence-corrected chi connectivity index (χ1v) is 7.14. The molecule has 0 spiro atoms. The van der Waals surface area contributed by atoms with Crippen LogP contribution in [0, 0.1) is 0 Å². The van der Waals surface area contributed by atoms with Gasteiger partial charge in [0.15, 0.2) is 0 Å². The van der Waals surface area contributed by atoms with Crippen LogP contribution < -0.4 is 0 Å². The summed E-state index contributed by atoms with van der Waals surface area (Å²) < 4.78 is 1.86. The molecular formula is C16H21N3O. The Hall–Kier alpha value is -2.10. The minimum Gasteiger partial charge on any atom is -0.339 e. The van der Waals surface area contributed by atoms with Crippen molar-refractivity contribution in [3.05, 3.63) is 47.8 Å². The third-order valence-corrected chi connectivity index (χ3v) is 3.49. The van der Waals surface area contributed by atoms with Crippen molar-refractivity contribution in [1.82, 2.24) is 14.7 Å². The van der Waals surface area contributed by atoms with Crippen molar-refractivity contribution in [2.24, 2.45) is 0 Å². The molecule has 0 saturated heterocycles. The monoisotopic (exact) mass is 271 g/mol. The summed E-state index contributed by atoms with van der Waals surface area (Å²) in [6, 6.07) is 9.92. The molecule has 0 atom stereocenters. The number of hydrogen-bond acceptors (Lipinski definition) is 2. The minimum absolute atomic E-state index is 0.0639. The Balaban J connectivity index is 2.42. The maximum atomic E-state index is 12.5. The molecule has 2 rings (SSSR count). The van der Waals surface area contributed by atoms with Gasteiger partial charge in [0.1, 0.15) is 0 Å². The van der Waals surface area contributed by atoms with Crippen LogP contribution in [-0.4, -0.2) is 33.7 Å². The highest BCUT2D eigenvalue weighted by Gasteiger charge is 2.20. The molecule has 0 aliphatic carbocycles. The van der Waals surface area contributed by atoms with Crippen molar-refractivity contribution >= 4 is 5.91 Å². The van der Waals surface area contributed by atoms with E-state index in [4.69, 9.17) is 0 Å². The second-order valence-electron chi connectivity index (χ2n) is 4.58. The highest BCUT2D eigenvalue weighted by atomic mass is 16.2. The van der Waals surface area contributed by atoms with E-state index in [-0.39, 0.29) is 5.91 Å². The van der Waals surface area contributed by atoms with E-state index in [0.29, 0.717) is 5.56 Å². The van der Waals surface area contributed by atoms with E-state index >= 15 is 0 Å². The van der Waals surface area contributed by atoms with Crippen LogP contribution in [0.5, 0.6) is 0 Å². The highest BCUT2D eigenvalue weighted by molar-refractivity contribution is 5.95. The summed E-state index contributed by atoms with van der Waals surface area (Å²) in [5, 5.41) is 4.40. The molecule has 0 aliphatic rings. The zero-order valence-electron chi connectivity index (χ0n) is 12.3. The molecule has 0 N–H and O–H groups in total. The van der Waals surface area contributed by atoms with Crippen LogP contribution in [-0.2, 0) is 6.42 Å². The maximum absolute atomic E-state index is 12.5. The zero-order chi connectivity index (χ0) is 14.5. The van der Waals surface area contributed by atoms with Gasteiger partial charge < -0.3 is 4.90 Å². The van der Waals surface area contributed by atoms with E-state index < -0.39 is 0 Å². The molecule has 20 heavy (non-hydrogen) atoms. The fourth-order valence-electron chi connectivity index (χ4n) is 2.37. The molecular weight excluding hydrogens is 250 g/mol. The molecule has 0 unspecified atom stereocenters. The number of aromatic nitrogens is 2. The normalized spacial score (nSPS) is 10.6. The third-order valence-electron chi connectivity index (χ3n) is 3.49. The average molecular weight is 271 g/mol. The smallest absolute Gasteiger partial charge is 0.257 e. The molecule has 1 aromatic heterocycles. The Morgan fingerprint density at radius 3 is 2.35 bits per heavy atom. The molecule has 0 aliphatic heterocycles. The molecule has 2 aromatic rings. The maximum Gasteiger partial charge on any atom is 0.257 e. The van der Waals surface area contributed by atoms with Crippen molar-refractivity contribution < 1.29 is 4.79 Å². The number of para-hydroxylation sites is 1. The van der Waals surface area contributed by atoms with Gasteiger partial charge in [0.05, 0.1) is 23.1 Å². The lowest BCUT2D eigenvalue weighted by atomic mass is 10.1. The topological polar surface area (TPSA) is 38.1 Å². The summed E-state index contributed by atoms with van der Waals surface area (Å²) in [5.41, 5.74) is 2.66. The van der Waals surface area contributed by atoms with Gasteiger partial charge in [-0.1, -0.05) is 25.1 Å². The summed E-state index contributed by atoms with van der Waals surface area (Å²) in [6.45, 7) is 7.47. The predicted octanol–water partition coefficient (Wildman–Crippen LogP) is 2.92. The largest absolute Gasteiger partial charge is 0.339 e. The van der Waals surface area contributed by atoms with E-state index in [2.05, 4.69) is 12.0 Å². The number of rotatable bonds is 5. The van der Waals surface area contributed by atoms with Gasteiger partial charge in [0.2, 0.25) is 0 Å². The molecule has 0 fully saturated rings. The first-order valence-electron chi connectivity index (χ1n) is 7.14. The molecule has 0 bridgehead atoms. The average Bonchev–Trinajstić information content (AvgIpc) is 2.93. The Kier molecular flexibility index (Phi) is 4.56. The number of hydrogen-bond donors (Lipinski definition) is 0. The van der Waals surface area contributed by atoms with Crippen molar-refractivity contribution in [3.63, 3.8) is 0 Å². The zero-order valence-corrected chi connectivity index (χ0v) is 12.3. The molecule has 0 radical (unpaired) electrons. The lowest BCUT2D eigenvalue weighted by Crippen LogP contribution is -2.31. The fraction of sp³-hybridized carbons (Fsp3) is 0.375. The van der Waals surface area contributed by atoms with Gasteiger partial charge in [0, 0.05) is 13.1 Å². The van der Waals surface area contributed by atoms with Crippen molar-refractivity contribution in [1.29, 1.82) is 0 Å². The van der Waals surface area contributed by atoms with Gasteiger partial charge in [-0.25, -0.2) is 4.68 Å². The van der Waals surface area contributed by atoms with E-state index in [1.165, 1.54) is 0 Å². The van der Waals surface area contributed by atoms with Gasteiger partial charge in [-0.3, -0.25) is 4.79 Å². The van der Waals surface area contributed by atoms with Gasteiger partial charge in [-0.2, -0.15) is 5.10 Å². The second kappa shape index (κ2) is 6.37. The first-order chi connectivity index (χ1) is 9.72. The molecule has 1 aromatic carbocycles. The Morgan fingerprint density at radius 1 is 1.15 bits per heavy atom. The number of benzene rings is 1. The quantitative estimate of drug-likeness (QED) is 0.838. The lowest BCUT2D eigenvalue weighted by molar-refractivity contribution is 0.0772. The second-order valence-corrected chi connectivity index (χ2v) is 4.58. The molecule has 4 nitrogen and oxygen atoms in total. The lowest BCUT2D eigenvalue weighted by Gasteiger charge is -2.18. The van der Waals surface area contributed by atoms with Crippen molar-refractivity contribution in [2.75, 3.05) is 13.1 Å². The van der Waals surface area contributed by atoms with Crippen molar-refractivity contribution in [3.8, 4) is 5.69 Å². The summed E-state index contributed by atoms with van der Waals surface area (Å²) in [4.78, 5) is 14.3. The fourth-order valence-corrected chi connectivity index (χ4v) is 2.37. The standard InChI is InChI=1S/C16H21N3O/c1-4-15-14(16(20)18(5-2)6-3)12-17-19(15)13-10-8-7-9-11-13/h7-12H,4-6H2,1-3H3. The summed E-state index contributed by atoms with van der Waals surface area (Å²) in [7, 11) is 0. The number of nitrogens with zero attached hydrogens (tertiary/aromatic N) is 3. The van der Waals surface area contributed by atoms with Gasteiger partial charge >= 0.3 is 0 Å². The van der Waals surface area contributed by atoms with Gasteiger partial charge in [-0.15, -0.1) is 0 Å². The summed E-state index contributed by atoms with van der Waals surface area (Å²) >= 11 is 0. The van der Waals surface area contributed by atoms with Crippen LogP contribution >= 0.6 is 0 Å². The van der Waals surface area contributed by atoms with E-state index in [1.807, 2.05) is 53.8 Å². The van der Waals surface area contributed by atoms with Gasteiger partial charge in [-0.05, 0) is 32.4 Å². The minimum atomic E-state index is 0.0639.